The van der Waals surface area contributed by atoms with Crippen molar-refractivity contribution in [2.75, 3.05) is 53.0 Å². The van der Waals surface area contributed by atoms with Crippen molar-refractivity contribution in [3.63, 3.8) is 0 Å². The predicted octanol–water partition coefficient (Wildman–Crippen LogP) is 5.78. The molecule has 2 unspecified atom stereocenters. The first-order valence-electron chi connectivity index (χ1n) is 12.3. The van der Waals surface area contributed by atoms with Crippen LogP contribution in [0.4, 0.5) is 0 Å². The van der Waals surface area contributed by atoms with Crippen molar-refractivity contribution >= 4 is 30.6 Å². The van der Waals surface area contributed by atoms with E-state index in [1.54, 1.807) is 7.11 Å². The fraction of sp³-hybridized carbons (Fsp3) is 0.536. The molecule has 3 rings (SSSR count). The van der Waals surface area contributed by atoms with Gasteiger partial charge in [0.25, 0.3) is 0 Å². The third-order valence-corrected chi connectivity index (χ3v) is 6.43. The van der Waals surface area contributed by atoms with Crippen LogP contribution < -0.4 is 4.74 Å². The zero-order valence-corrected chi connectivity index (χ0v) is 23.2. The van der Waals surface area contributed by atoms with Crippen LogP contribution in [0.2, 0.25) is 0 Å². The van der Waals surface area contributed by atoms with E-state index in [4.69, 9.17) is 9.47 Å². The van der Waals surface area contributed by atoms with Crippen LogP contribution in [0.5, 0.6) is 5.75 Å². The molecule has 0 spiro atoms. The maximum Gasteiger partial charge on any atom is 0.166 e. The Morgan fingerprint density at radius 2 is 1.43 bits per heavy atom. The highest BCUT2D eigenvalue weighted by Gasteiger charge is 2.24. The van der Waals surface area contributed by atoms with Crippen molar-refractivity contribution in [3.05, 3.63) is 65.7 Å². The molecule has 2 atom stereocenters. The number of piperazine rings is 1. The van der Waals surface area contributed by atoms with Crippen molar-refractivity contribution in [1.82, 2.24) is 9.80 Å². The Kier molecular flexibility index (Phi) is 14.5. The minimum atomic E-state index is -0.0265. The topological polar surface area (TPSA) is 42.0 Å². The van der Waals surface area contributed by atoms with Gasteiger partial charge in [-0.25, -0.2) is 0 Å². The molecule has 0 amide bonds. The number of hydrogen-bond donors (Lipinski definition) is 0. The highest BCUT2D eigenvalue weighted by atomic mass is 35.5. The van der Waals surface area contributed by atoms with Crippen LogP contribution in [-0.2, 0) is 4.74 Å². The second-order valence-electron chi connectivity index (χ2n) is 9.55. The molecule has 1 saturated heterocycles. The number of methoxy groups -OCH3 is 1. The molecule has 1 aliphatic heterocycles. The number of rotatable bonds is 12. The van der Waals surface area contributed by atoms with Crippen molar-refractivity contribution in [2.24, 2.45) is 11.8 Å². The number of carbonyl (C=O) groups excluding carboxylic acids is 1. The molecule has 196 valence electrons. The third kappa shape index (κ3) is 10.1. The van der Waals surface area contributed by atoms with Gasteiger partial charge in [-0.1, -0.05) is 51.1 Å². The van der Waals surface area contributed by atoms with Crippen LogP contribution in [0.3, 0.4) is 0 Å². The molecule has 0 bridgehead atoms. The lowest BCUT2D eigenvalue weighted by Gasteiger charge is -2.37. The Morgan fingerprint density at radius 1 is 0.857 bits per heavy atom. The van der Waals surface area contributed by atoms with Gasteiger partial charge in [-0.3, -0.25) is 9.69 Å². The van der Waals surface area contributed by atoms with E-state index in [2.05, 4.69) is 54.0 Å². The molecule has 2 aromatic carbocycles. The number of nitrogens with zero attached hydrogens (tertiary/aromatic N) is 2. The number of carbonyl (C=O) groups is 1. The molecule has 35 heavy (non-hydrogen) atoms. The smallest absolute Gasteiger partial charge is 0.166 e. The monoisotopic (exact) mass is 524 g/mol. The van der Waals surface area contributed by atoms with Gasteiger partial charge in [-0.2, -0.15) is 0 Å². The van der Waals surface area contributed by atoms with Gasteiger partial charge in [0.05, 0.1) is 13.2 Å². The van der Waals surface area contributed by atoms with Crippen LogP contribution in [0, 0.1) is 11.8 Å². The van der Waals surface area contributed by atoms with E-state index < -0.39 is 0 Å². The molecular formula is C28H42Cl2N2O3. The van der Waals surface area contributed by atoms with E-state index >= 15 is 0 Å². The number of Topliss-reactive ketones (excluding diaryl/α,β-unsaturated/α-hetero) is 1. The van der Waals surface area contributed by atoms with Gasteiger partial charge in [0.15, 0.2) is 5.78 Å². The molecule has 5 nitrogen and oxygen atoms in total. The van der Waals surface area contributed by atoms with Gasteiger partial charge < -0.3 is 14.4 Å². The molecule has 0 radical (unpaired) electrons. The SMILES string of the molecule is COc1ccc(C(=O)C(C)CN2CCN(CC(OCCC(C)C)c3ccccc3)CC2)cc1.Cl.Cl. The number of benzene rings is 2. The molecule has 1 fully saturated rings. The summed E-state index contributed by atoms with van der Waals surface area (Å²) >= 11 is 0. The zero-order valence-electron chi connectivity index (χ0n) is 21.5. The minimum Gasteiger partial charge on any atom is -0.497 e. The van der Waals surface area contributed by atoms with E-state index in [0.29, 0.717) is 5.92 Å². The largest absolute Gasteiger partial charge is 0.497 e. The highest BCUT2D eigenvalue weighted by Crippen LogP contribution is 2.21. The van der Waals surface area contributed by atoms with E-state index in [1.807, 2.05) is 31.2 Å². The second kappa shape index (κ2) is 16.2. The minimum absolute atomic E-state index is 0. The first-order valence-corrected chi connectivity index (χ1v) is 12.3. The van der Waals surface area contributed by atoms with Crippen molar-refractivity contribution in [2.45, 2.75) is 33.3 Å². The lowest BCUT2D eigenvalue weighted by atomic mass is 9.98. The average molecular weight is 526 g/mol. The second-order valence-corrected chi connectivity index (χ2v) is 9.55. The fourth-order valence-corrected chi connectivity index (χ4v) is 4.27. The Morgan fingerprint density at radius 3 is 1.97 bits per heavy atom. The van der Waals surface area contributed by atoms with E-state index in [9.17, 15) is 4.79 Å². The highest BCUT2D eigenvalue weighted by molar-refractivity contribution is 5.97. The van der Waals surface area contributed by atoms with Gasteiger partial charge in [0, 0.05) is 57.4 Å². The molecule has 0 aliphatic carbocycles. The summed E-state index contributed by atoms with van der Waals surface area (Å²) < 4.78 is 11.5. The predicted molar refractivity (Wildman–Crippen MR) is 148 cm³/mol. The quantitative estimate of drug-likeness (QED) is 0.329. The number of hydrogen-bond acceptors (Lipinski definition) is 5. The van der Waals surface area contributed by atoms with Crippen LogP contribution in [0.15, 0.2) is 54.6 Å². The Labute approximate surface area is 224 Å². The summed E-state index contributed by atoms with van der Waals surface area (Å²) in [5.41, 5.74) is 2.01. The molecule has 0 saturated carbocycles. The Hall–Kier alpha value is -1.63. The standard InChI is InChI=1S/C28H40N2O3.2ClH/c1-22(2)14-19-33-27(24-8-6-5-7-9-24)21-30-17-15-29(16-18-30)20-23(3)28(31)25-10-12-26(32-4)13-11-25;;/h5-13,22-23,27H,14-21H2,1-4H3;2*1H. The van der Waals surface area contributed by atoms with Crippen LogP contribution >= 0.6 is 24.8 Å². The first kappa shape index (κ1) is 31.4. The number of ether oxygens (including phenoxy) is 2. The van der Waals surface area contributed by atoms with Crippen LogP contribution in [-0.4, -0.2) is 68.6 Å². The van der Waals surface area contributed by atoms with Gasteiger partial charge in [-0.05, 0) is 42.2 Å². The summed E-state index contributed by atoms with van der Waals surface area (Å²) in [7, 11) is 1.64. The van der Waals surface area contributed by atoms with E-state index in [-0.39, 0.29) is 42.6 Å². The Bertz CT molecular complexity index is 841. The summed E-state index contributed by atoms with van der Waals surface area (Å²) in [5.74, 6) is 1.59. The fourth-order valence-electron chi connectivity index (χ4n) is 4.27. The molecule has 0 N–H and O–H groups in total. The molecule has 1 aliphatic rings. The number of ketones is 1. The Balaban J connectivity index is 0.00000306. The molecule has 0 aromatic heterocycles. The maximum atomic E-state index is 12.8. The van der Waals surface area contributed by atoms with Crippen molar-refractivity contribution < 1.29 is 14.3 Å². The van der Waals surface area contributed by atoms with Gasteiger partial charge >= 0.3 is 0 Å². The van der Waals surface area contributed by atoms with Gasteiger partial charge in [-0.15, -0.1) is 24.8 Å². The summed E-state index contributed by atoms with van der Waals surface area (Å²) in [6.07, 6.45) is 1.18. The summed E-state index contributed by atoms with van der Waals surface area (Å²) in [6.45, 7) is 13.0. The first-order chi connectivity index (χ1) is 16.0. The van der Waals surface area contributed by atoms with Crippen LogP contribution in [0.1, 0.15) is 49.2 Å². The lowest BCUT2D eigenvalue weighted by molar-refractivity contribution is 0.00702. The number of halogens is 2. The van der Waals surface area contributed by atoms with Crippen LogP contribution in [0.25, 0.3) is 0 Å². The molecule has 2 aromatic rings. The normalized spacial score (nSPS) is 16.1. The zero-order chi connectivity index (χ0) is 23.6. The summed E-state index contributed by atoms with van der Waals surface area (Å²) in [4.78, 5) is 17.8. The average Bonchev–Trinajstić information content (AvgIpc) is 2.84. The van der Waals surface area contributed by atoms with Crippen molar-refractivity contribution in [1.29, 1.82) is 0 Å². The maximum absolute atomic E-state index is 12.8. The van der Waals surface area contributed by atoms with Gasteiger partial charge in [0.1, 0.15) is 5.75 Å². The molecule has 7 heteroatoms. The third-order valence-electron chi connectivity index (χ3n) is 6.43. The summed E-state index contributed by atoms with van der Waals surface area (Å²) in [6, 6.07) is 18.0. The lowest BCUT2D eigenvalue weighted by Crippen LogP contribution is -2.49. The summed E-state index contributed by atoms with van der Waals surface area (Å²) in [5, 5.41) is 0. The van der Waals surface area contributed by atoms with E-state index in [1.165, 1.54) is 5.56 Å². The molecule has 1 heterocycles. The van der Waals surface area contributed by atoms with Crippen molar-refractivity contribution in [3.8, 4) is 5.75 Å². The van der Waals surface area contributed by atoms with Gasteiger partial charge in [0.2, 0.25) is 0 Å². The molecular weight excluding hydrogens is 483 g/mol. The van der Waals surface area contributed by atoms with E-state index in [0.717, 1.165) is 63.6 Å².